The minimum Gasteiger partial charge on any atom is -0.493 e. The van der Waals surface area contributed by atoms with Crippen LogP contribution in [0.3, 0.4) is 0 Å². The number of fused-ring (bicyclic) bond motifs is 1. The fourth-order valence-corrected chi connectivity index (χ4v) is 2.22. The van der Waals surface area contributed by atoms with Gasteiger partial charge in [-0.2, -0.15) is 0 Å². The largest absolute Gasteiger partial charge is 0.493 e. The Morgan fingerprint density at radius 3 is 2.82 bits per heavy atom. The number of rotatable bonds is 4. The third-order valence-electron chi connectivity index (χ3n) is 3.11. The highest BCUT2D eigenvalue weighted by atomic mass is 16.7. The van der Waals surface area contributed by atoms with E-state index in [-0.39, 0.29) is 6.79 Å². The normalized spacial score (nSPS) is 18.1. The van der Waals surface area contributed by atoms with Gasteiger partial charge in [0.1, 0.15) is 11.5 Å². The van der Waals surface area contributed by atoms with Gasteiger partial charge in [-0.15, -0.1) is 0 Å². The standard InChI is InChI=1S/C14H20O3/c1-9(2)11-5-6-12-13(10(3)7-16-12)14(11)17-8-15-4/h5-6,9-10H,7-8H2,1-4H3. The van der Waals surface area contributed by atoms with Crippen molar-refractivity contribution in [3.63, 3.8) is 0 Å². The molecule has 1 aromatic rings. The molecule has 0 bridgehead atoms. The van der Waals surface area contributed by atoms with Crippen LogP contribution < -0.4 is 9.47 Å². The number of hydrogen-bond donors (Lipinski definition) is 0. The van der Waals surface area contributed by atoms with E-state index in [9.17, 15) is 0 Å². The molecule has 0 saturated heterocycles. The Balaban J connectivity index is 2.45. The molecule has 0 radical (unpaired) electrons. The van der Waals surface area contributed by atoms with Crippen LogP contribution in [0.25, 0.3) is 0 Å². The Bertz CT molecular complexity index is 399. The van der Waals surface area contributed by atoms with E-state index in [1.165, 1.54) is 11.1 Å². The second kappa shape index (κ2) is 4.96. The number of benzene rings is 1. The van der Waals surface area contributed by atoms with Crippen molar-refractivity contribution >= 4 is 0 Å². The van der Waals surface area contributed by atoms with Crippen molar-refractivity contribution in [2.45, 2.75) is 32.6 Å². The summed E-state index contributed by atoms with van der Waals surface area (Å²) in [4.78, 5) is 0. The van der Waals surface area contributed by atoms with E-state index in [1.807, 2.05) is 6.07 Å². The summed E-state index contributed by atoms with van der Waals surface area (Å²) in [5.74, 6) is 2.72. The second-order valence-electron chi connectivity index (χ2n) is 4.81. The van der Waals surface area contributed by atoms with Crippen LogP contribution in [0.5, 0.6) is 11.5 Å². The van der Waals surface area contributed by atoms with E-state index in [0.717, 1.165) is 18.1 Å². The Morgan fingerprint density at radius 2 is 2.18 bits per heavy atom. The van der Waals surface area contributed by atoms with Crippen molar-refractivity contribution in [2.75, 3.05) is 20.5 Å². The molecule has 3 nitrogen and oxygen atoms in total. The first kappa shape index (κ1) is 12.2. The molecule has 0 aliphatic carbocycles. The lowest BCUT2D eigenvalue weighted by Gasteiger charge is -2.17. The second-order valence-corrected chi connectivity index (χ2v) is 4.81. The van der Waals surface area contributed by atoms with E-state index < -0.39 is 0 Å². The van der Waals surface area contributed by atoms with Gasteiger partial charge in [-0.3, -0.25) is 0 Å². The van der Waals surface area contributed by atoms with Gasteiger partial charge in [0.2, 0.25) is 0 Å². The lowest BCUT2D eigenvalue weighted by atomic mass is 9.94. The van der Waals surface area contributed by atoms with Crippen LogP contribution in [0.1, 0.15) is 43.7 Å². The predicted octanol–water partition coefficient (Wildman–Crippen LogP) is 3.29. The first-order valence-electron chi connectivity index (χ1n) is 6.06. The van der Waals surface area contributed by atoms with Crippen LogP contribution in [-0.4, -0.2) is 20.5 Å². The summed E-state index contributed by atoms with van der Waals surface area (Å²) < 4.78 is 16.4. The predicted molar refractivity (Wildman–Crippen MR) is 66.9 cm³/mol. The molecule has 0 N–H and O–H groups in total. The quantitative estimate of drug-likeness (QED) is 0.751. The van der Waals surface area contributed by atoms with Gasteiger partial charge < -0.3 is 14.2 Å². The summed E-state index contributed by atoms with van der Waals surface area (Å²) >= 11 is 0. The topological polar surface area (TPSA) is 27.7 Å². The highest BCUT2D eigenvalue weighted by Gasteiger charge is 2.27. The van der Waals surface area contributed by atoms with Crippen molar-refractivity contribution in [3.05, 3.63) is 23.3 Å². The summed E-state index contributed by atoms with van der Waals surface area (Å²) in [6.45, 7) is 7.52. The zero-order valence-electron chi connectivity index (χ0n) is 10.9. The Kier molecular flexibility index (Phi) is 3.57. The summed E-state index contributed by atoms with van der Waals surface area (Å²) in [6, 6.07) is 4.14. The van der Waals surface area contributed by atoms with Gasteiger partial charge in [-0.25, -0.2) is 0 Å². The minimum atomic E-state index is 0.281. The first-order valence-corrected chi connectivity index (χ1v) is 6.06. The summed E-state index contributed by atoms with van der Waals surface area (Å²) in [5, 5.41) is 0. The molecule has 0 aromatic heterocycles. The summed E-state index contributed by atoms with van der Waals surface area (Å²) in [6.07, 6.45) is 0. The fraction of sp³-hybridized carbons (Fsp3) is 0.571. The Labute approximate surface area is 103 Å². The molecular weight excluding hydrogens is 216 g/mol. The van der Waals surface area contributed by atoms with Gasteiger partial charge in [-0.1, -0.05) is 26.8 Å². The van der Waals surface area contributed by atoms with Crippen LogP contribution in [0.2, 0.25) is 0 Å². The number of methoxy groups -OCH3 is 1. The summed E-state index contributed by atoms with van der Waals surface area (Å²) in [5.41, 5.74) is 2.41. The van der Waals surface area contributed by atoms with Gasteiger partial charge in [0.25, 0.3) is 0 Å². The van der Waals surface area contributed by atoms with Crippen LogP contribution >= 0.6 is 0 Å². The molecule has 0 fully saturated rings. The van der Waals surface area contributed by atoms with E-state index in [4.69, 9.17) is 14.2 Å². The Morgan fingerprint density at radius 1 is 1.41 bits per heavy atom. The zero-order chi connectivity index (χ0) is 12.4. The lowest BCUT2D eigenvalue weighted by molar-refractivity contribution is 0.0495. The van der Waals surface area contributed by atoms with Crippen LogP contribution in [-0.2, 0) is 4.74 Å². The van der Waals surface area contributed by atoms with Crippen LogP contribution in [0, 0.1) is 0 Å². The monoisotopic (exact) mass is 236 g/mol. The molecule has 1 aliphatic heterocycles. The molecule has 0 saturated carbocycles. The van der Waals surface area contributed by atoms with Crippen molar-refractivity contribution < 1.29 is 14.2 Å². The molecule has 0 spiro atoms. The average Bonchev–Trinajstić information content (AvgIpc) is 2.68. The van der Waals surface area contributed by atoms with E-state index in [1.54, 1.807) is 7.11 Å². The highest BCUT2D eigenvalue weighted by Crippen LogP contribution is 2.44. The number of hydrogen-bond acceptors (Lipinski definition) is 3. The van der Waals surface area contributed by atoms with Gasteiger partial charge in [0, 0.05) is 18.6 Å². The molecule has 2 rings (SSSR count). The zero-order valence-corrected chi connectivity index (χ0v) is 10.9. The molecule has 1 unspecified atom stereocenters. The maximum Gasteiger partial charge on any atom is 0.188 e. The first-order chi connectivity index (χ1) is 8.15. The molecule has 1 atom stereocenters. The smallest absolute Gasteiger partial charge is 0.188 e. The number of ether oxygens (including phenoxy) is 3. The van der Waals surface area contributed by atoms with Crippen LogP contribution in [0.4, 0.5) is 0 Å². The summed E-state index contributed by atoms with van der Waals surface area (Å²) in [7, 11) is 1.64. The molecule has 1 heterocycles. The van der Waals surface area contributed by atoms with E-state index in [2.05, 4.69) is 26.8 Å². The van der Waals surface area contributed by atoms with E-state index >= 15 is 0 Å². The molecule has 3 heteroatoms. The maximum atomic E-state index is 5.76. The fourth-order valence-electron chi connectivity index (χ4n) is 2.22. The van der Waals surface area contributed by atoms with Crippen molar-refractivity contribution in [1.82, 2.24) is 0 Å². The molecule has 0 amide bonds. The van der Waals surface area contributed by atoms with Crippen LogP contribution in [0.15, 0.2) is 12.1 Å². The van der Waals surface area contributed by atoms with Gasteiger partial charge in [0.05, 0.1) is 6.61 Å². The van der Waals surface area contributed by atoms with Gasteiger partial charge in [-0.05, 0) is 17.5 Å². The van der Waals surface area contributed by atoms with Crippen molar-refractivity contribution in [1.29, 1.82) is 0 Å². The molecule has 17 heavy (non-hydrogen) atoms. The average molecular weight is 236 g/mol. The van der Waals surface area contributed by atoms with E-state index in [0.29, 0.717) is 11.8 Å². The molecule has 94 valence electrons. The van der Waals surface area contributed by atoms with Crippen molar-refractivity contribution in [3.8, 4) is 11.5 Å². The van der Waals surface area contributed by atoms with Crippen molar-refractivity contribution in [2.24, 2.45) is 0 Å². The lowest BCUT2D eigenvalue weighted by Crippen LogP contribution is -2.06. The third-order valence-corrected chi connectivity index (χ3v) is 3.11. The molecule has 1 aromatic carbocycles. The SMILES string of the molecule is COCOc1c(C(C)C)ccc2c1C(C)CO2. The highest BCUT2D eigenvalue weighted by molar-refractivity contribution is 5.54. The molecular formula is C14H20O3. The minimum absolute atomic E-state index is 0.281. The van der Waals surface area contributed by atoms with Gasteiger partial charge in [0.15, 0.2) is 6.79 Å². The molecule has 1 aliphatic rings. The van der Waals surface area contributed by atoms with Gasteiger partial charge >= 0.3 is 0 Å². The maximum absolute atomic E-state index is 5.76. The third kappa shape index (κ3) is 2.25. The Hall–Kier alpha value is -1.22.